The summed E-state index contributed by atoms with van der Waals surface area (Å²) in [6.45, 7) is 7.42. The molecule has 0 aliphatic carbocycles. The number of hydrogen-bond acceptors (Lipinski definition) is 2. The highest BCUT2D eigenvalue weighted by Gasteiger charge is 2.14. The zero-order valence-electron chi connectivity index (χ0n) is 14.0. The van der Waals surface area contributed by atoms with Crippen molar-refractivity contribution in [2.24, 2.45) is 0 Å². The van der Waals surface area contributed by atoms with Crippen LogP contribution in [0.25, 0.3) is 0 Å². The van der Waals surface area contributed by atoms with Crippen molar-refractivity contribution in [2.75, 3.05) is 6.54 Å². The average molecular weight is 347 g/mol. The number of rotatable bonds is 7. The summed E-state index contributed by atoms with van der Waals surface area (Å²) in [5, 5.41) is 3.45. The van der Waals surface area contributed by atoms with Gasteiger partial charge in [-0.1, -0.05) is 54.6 Å². The topological polar surface area (TPSA) is 35.1 Å². The van der Waals surface area contributed by atoms with Crippen molar-refractivity contribution in [3.63, 3.8) is 0 Å². The maximum absolute atomic E-state index is 12.5. The smallest absolute Gasteiger partial charge is 0.158 e. The summed E-state index contributed by atoms with van der Waals surface area (Å²) in [6, 6.07) is 25.5. The molecule has 0 fully saturated rings. The van der Waals surface area contributed by atoms with Gasteiger partial charge < -0.3 is 9.87 Å². The fourth-order valence-corrected chi connectivity index (χ4v) is 3.61. The van der Waals surface area contributed by atoms with Gasteiger partial charge >= 0.3 is 0 Å². The lowest BCUT2D eigenvalue weighted by molar-refractivity contribution is 0.595. The van der Waals surface area contributed by atoms with Gasteiger partial charge in [0.25, 0.3) is 0 Å². The molecule has 0 aliphatic heterocycles. The predicted octanol–water partition coefficient (Wildman–Crippen LogP) is 4.24. The van der Waals surface area contributed by atoms with E-state index >= 15 is 0 Å². The summed E-state index contributed by atoms with van der Waals surface area (Å²) in [6.07, 6.45) is 1.01. The summed E-state index contributed by atoms with van der Waals surface area (Å²) in [7, 11) is 0. The summed E-state index contributed by atoms with van der Waals surface area (Å²) in [5.74, 6) is 0. The average Bonchev–Trinajstić information content (AvgIpc) is 2.67. The molecule has 1 unspecified atom stereocenters. The van der Waals surface area contributed by atoms with Crippen LogP contribution < -0.4 is 5.32 Å². The fraction of sp³-hybridized carbons (Fsp3) is 0.136. The Bertz CT molecular complexity index is 769. The Kier molecular flexibility index (Phi) is 6.29. The van der Waals surface area contributed by atoms with Gasteiger partial charge in [-0.3, -0.25) is 0 Å². The molecule has 0 aromatic heterocycles. The van der Waals surface area contributed by atoms with Gasteiger partial charge in [0.15, 0.2) is 9.79 Å². The van der Waals surface area contributed by atoms with Gasteiger partial charge in [-0.15, -0.1) is 0 Å². The van der Waals surface area contributed by atoms with Crippen LogP contribution in [0.2, 0.25) is 0 Å². The van der Waals surface area contributed by atoms with Gasteiger partial charge in [0.2, 0.25) is 0 Å². The Morgan fingerprint density at radius 2 is 1.36 bits per heavy atom. The van der Waals surface area contributed by atoms with E-state index in [-0.39, 0.29) is 0 Å². The predicted molar refractivity (Wildman–Crippen MR) is 103 cm³/mol. The first kappa shape index (κ1) is 17.7. The summed E-state index contributed by atoms with van der Waals surface area (Å²) in [4.78, 5) is 1.57. The molecule has 2 radical (unpaired) electrons. The maximum Gasteiger partial charge on any atom is 0.158 e. The summed E-state index contributed by atoms with van der Waals surface area (Å²) >= 11 is -1.17. The van der Waals surface area contributed by atoms with Crippen molar-refractivity contribution >= 4 is 11.2 Å². The molecule has 1 atom stereocenters. The van der Waals surface area contributed by atoms with Crippen LogP contribution in [0.4, 0.5) is 0 Å². The minimum atomic E-state index is -1.17. The molecule has 0 saturated carbocycles. The van der Waals surface area contributed by atoms with Crippen LogP contribution in [-0.4, -0.2) is 11.1 Å². The molecule has 0 spiro atoms. The van der Waals surface area contributed by atoms with E-state index in [1.807, 2.05) is 42.5 Å². The lowest BCUT2D eigenvalue weighted by Gasteiger charge is -2.11. The summed E-state index contributed by atoms with van der Waals surface area (Å²) in [5.41, 5.74) is 3.20. The third-order valence-corrected chi connectivity index (χ3v) is 5.39. The molecular formula is C22H21NOS. The van der Waals surface area contributed by atoms with Gasteiger partial charge in [0, 0.05) is 17.7 Å². The van der Waals surface area contributed by atoms with Gasteiger partial charge in [-0.05, 0) is 60.8 Å². The molecule has 3 heteroatoms. The molecular weight excluding hydrogens is 326 g/mol. The van der Waals surface area contributed by atoms with Crippen molar-refractivity contribution in [1.82, 2.24) is 5.32 Å². The molecule has 0 amide bonds. The van der Waals surface area contributed by atoms with Crippen LogP contribution in [-0.2, 0) is 24.1 Å². The van der Waals surface area contributed by atoms with Crippen LogP contribution in [0.5, 0.6) is 0 Å². The molecule has 126 valence electrons. The zero-order chi connectivity index (χ0) is 17.5. The Hall–Kier alpha value is -2.07. The Morgan fingerprint density at radius 1 is 0.760 bits per heavy atom. The Balaban J connectivity index is 1.50. The van der Waals surface area contributed by atoms with Crippen LogP contribution >= 0.6 is 0 Å². The monoisotopic (exact) mass is 347 g/mol. The van der Waals surface area contributed by atoms with E-state index in [1.54, 1.807) is 12.1 Å². The van der Waals surface area contributed by atoms with Crippen molar-refractivity contribution in [3.8, 4) is 0 Å². The van der Waals surface area contributed by atoms with E-state index < -0.39 is 11.2 Å². The first-order valence-corrected chi connectivity index (χ1v) is 9.48. The van der Waals surface area contributed by atoms with E-state index in [9.17, 15) is 4.55 Å². The second-order valence-electron chi connectivity index (χ2n) is 5.89. The van der Waals surface area contributed by atoms with E-state index in [0.29, 0.717) is 5.56 Å². The quantitative estimate of drug-likeness (QED) is 0.512. The number of benzene rings is 3. The fourth-order valence-electron chi connectivity index (χ4n) is 2.57. The van der Waals surface area contributed by atoms with E-state index in [2.05, 4.69) is 29.6 Å². The number of nitrogens with one attached hydrogen (secondary N) is 1. The first-order chi connectivity index (χ1) is 12.2. The van der Waals surface area contributed by atoms with Gasteiger partial charge in [-0.25, -0.2) is 0 Å². The van der Waals surface area contributed by atoms with Gasteiger partial charge in [0.1, 0.15) is 0 Å². The highest BCUT2D eigenvalue weighted by molar-refractivity contribution is 7.91. The third-order valence-electron chi connectivity index (χ3n) is 3.99. The van der Waals surface area contributed by atoms with E-state index in [4.69, 9.17) is 6.92 Å². The van der Waals surface area contributed by atoms with Crippen LogP contribution in [0.3, 0.4) is 0 Å². The second-order valence-corrected chi connectivity index (χ2v) is 7.37. The van der Waals surface area contributed by atoms with E-state index in [0.717, 1.165) is 29.3 Å². The minimum Gasteiger partial charge on any atom is -0.606 e. The largest absolute Gasteiger partial charge is 0.606 e. The van der Waals surface area contributed by atoms with Crippen molar-refractivity contribution < 1.29 is 4.55 Å². The SMILES string of the molecule is [CH]c1ccc([S+]([O-])c2ccc(CNCCc3ccccc3)cc2)cc1. The van der Waals surface area contributed by atoms with Crippen molar-refractivity contribution in [3.05, 3.63) is 102 Å². The highest BCUT2D eigenvalue weighted by atomic mass is 32.2. The number of hydrogen-bond donors (Lipinski definition) is 1. The summed E-state index contributed by atoms with van der Waals surface area (Å²) < 4.78 is 12.5. The zero-order valence-corrected chi connectivity index (χ0v) is 14.8. The molecule has 0 saturated heterocycles. The van der Waals surface area contributed by atoms with Gasteiger partial charge in [0.05, 0.1) is 0 Å². The molecule has 0 bridgehead atoms. The highest BCUT2D eigenvalue weighted by Crippen LogP contribution is 2.21. The maximum atomic E-state index is 12.5. The normalized spacial score (nSPS) is 12.1. The minimum absolute atomic E-state index is 0.678. The standard InChI is InChI=1S/C22H21NOS/c1-18-7-11-21(12-8-18)25(24)22-13-9-20(10-14-22)17-23-16-15-19-5-3-2-4-6-19/h1-14,23H,15-17H2. The van der Waals surface area contributed by atoms with Crippen LogP contribution in [0, 0.1) is 6.92 Å². The molecule has 1 N–H and O–H groups in total. The Morgan fingerprint density at radius 3 is 2.00 bits per heavy atom. The third kappa shape index (κ3) is 5.20. The molecule has 3 rings (SSSR count). The molecule has 0 aliphatic rings. The van der Waals surface area contributed by atoms with Crippen LogP contribution in [0.15, 0.2) is 88.7 Å². The van der Waals surface area contributed by atoms with Crippen molar-refractivity contribution in [1.29, 1.82) is 0 Å². The second kappa shape index (κ2) is 8.86. The molecule has 0 heterocycles. The van der Waals surface area contributed by atoms with E-state index in [1.165, 1.54) is 11.1 Å². The van der Waals surface area contributed by atoms with Crippen LogP contribution in [0.1, 0.15) is 16.7 Å². The van der Waals surface area contributed by atoms with Gasteiger partial charge in [-0.2, -0.15) is 0 Å². The lowest BCUT2D eigenvalue weighted by atomic mass is 10.1. The van der Waals surface area contributed by atoms with Crippen molar-refractivity contribution in [2.45, 2.75) is 22.8 Å². The molecule has 2 nitrogen and oxygen atoms in total. The molecule has 3 aromatic rings. The Labute approximate surface area is 153 Å². The molecule has 25 heavy (non-hydrogen) atoms. The lowest BCUT2D eigenvalue weighted by Crippen LogP contribution is -2.16. The molecule has 3 aromatic carbocycles. The first-order valence-electron chi connectivity index (χ1n) is 8.33.